The number of amides is 4. The lowest BCUT2D eigenvalue weighted by Gasteiger charge is -2.48. The largest absolute Gasteiger partial charge is 0.462 e. The van der Waals surface area contributed by atoms with Gasteiger partial charge in [0, 0.05) is 45.8 Å². The molecule has 21 atom stereocenters. The summed E-state index contributed by atoms with van der Waals surface area (Å²) >= 11 is 0. The molecule has 572 valence electrons. The Labute approximate surface area is 595 Å². The maximum Gasteiger partial charge on any atom is 0.332 e. The molecule has 8 bridgehead atoms. The van der Waals surface area contributed by atoms with E-state index in [4.69, 9.17) is 54.6 Å². The zero-order chi connectivity index (χ0) is 75.4. The molecule has 36 heteroatoms. The first-order valence-corrected chi connectivity index (χ1v) is 39.9. The average Bonchev–Trinajstić information content (AvgIpc) is 1.47. The zero-order valence-corrected chi connectivity index (χ0v) is 62.3. The van der Waals surface area contributed by atoms with Crippen LogP contribution in [0.25, 0.3) is 0 Å². The van der Waals surface area contributed by atoms with Crippen molar-refractivity contribution in [2.45, 2.75) is 176 Å². The first kappa shape index (κ1) is 80.3. The second-order valence-corrected chi connectivity index (χ2v) is 36.7. The molecule has 12 aliphatic rings. The molecule has 8 aliphatic carbocycles. The summed E-state index contributed by atoms with van der Waals surface area (Å²) in [6.07, 6.45) is 2.54. The monoisotopic (exact) mass is 1520 g/mol. The van der Waals surface area contributed by atoms with E-state index in [-0.39, 0.29) is 161 Å². The van der Waals surface area contributed by atoms with E-state index in [0.717, 1.165) is 18.9 Å². The van der Waals surface area contributed by atoms with E-state index >= 15 is 0 Å². The quantitative estimate of drug-likeness (QED) is 0.0279. The van der Waals surface area contributed by atoms with Crippen molar-refractivity contribution < 1.29 is 127 Å². The van der Waals surface area contributed by atoms with Gasteiger partial charge in [0.25, 0.3) is 40.5 Å². The van der Waals surface area contributed by atoms with Gasteiger partial charge in [-0.2, -0.15) is 33.7 Å². The van der Waals surface area contributed by atoms with Gasteiger partial charge in [-0.15, -0.1) is 0 Å². The first-order valence-electron chi connectivity index (χ1n) is 34.0. The third-order valence-corrected chi connectivity index (χ3v) is 30.4. The summed E-state index contributed by atoms with van der Waals surface area (Å²) in [6, 6.07) is 0. The van der Waals surface area contributed by atoms with E-state index in [0.29, 0.717) is 42.4 Å². The number of fused-ring (bicyclic) bond motifs is 4. The van der Waals surface area contributed by atoms with E-state index < -0.39 is 133 Å². The van der Waals surface area contributed by atoms with E-state index in [9.17, 15) is 72.0 Å². The molecule has 102 heavy (non-hydrogen) atoms. The molecule has 0 aromatic rings. The van der Waals surface area contributed by atoms with Gasteiger partial charge in [-0.05, 0) is 115 Å². The highest BCUT2D eigenvalue weighted by atomic mass is 32.2. The summed E-state index contributed by atoms with van der Waals surface area (Å²) in [5.41, 5.74) is -2.27. The molecular weight excluding hydrogens is 1420 g/mol. The van der Waals surface area contributed by atoms with Crippen LogP contribution in [0.3, 0.4) is 0 Å². The number of nitrogens with one attached hydrogen (secondary N) is 4. The Balaban J connectivity index is 0.000000159. The number of carbonyl (C=O) groups excluding carboxylic acids is 8. The van der Waals surface area contributed by atoms with Crippen molar-refractivity contribution in [2.24, 2.45) is 58.2 Å². The standard InChI is InChI=1S/C19H29NO7S.C17H25NO7S.C16H23NO7S.C14H19NO7S/c1-11(2)16(22)20-7-8-25-14(21)10-26-19(6)17(4)9-13-15(12(17)3)18(19,5)27-28(13,23)24;1-9(2)16(20)18-5-6-23-12(19)8-24-14-10-7-11-13(17(10,3)4)15(14)25-26(11,21)22;1-9(2)15(19)17-4-5-22-13(18)8-23-16(3)10-6-11-12(7-10)25(20,21)24-14(11)16;1-2-11(16)15-7-12(17)20-3-4-21-13-8-5-9-10(6-8)23(18,19)22-14(9)13/h12-13,15H,1,7-10H2,2-6H3,(H,20,22);10-11,13-15H,1,5-8H2,2-4H3,(H,18,20);10-12,14H,1,4-8H2,2-3H3,(H,17,19);2,8-10,13-14H,1,3-7H2,(H,15,16). The van der Waals surface area contributed by atoms with Crippen LogP contribution >= 0.6 is 0 Å². The minimum atomic E-state index is -3.65. The third-order valence-electron chi connectivity index (χ3n) is 23.4. The lowest BCUT2D eigenvalue weighted by Crippen LogP contribution is -2.60. The fourth-order valence-corrected chi connectivity index (χ4v) is 26.1. The number of rotatable bonds is 28. The Bertz CT molecular complexity index is 3850. The molecule has 0 spiro atoms. The van der Waals surface area contributed by atoms with E-state index in [1.54, 1.807) is 34.6 Å². The third kappa shape index (κ3) is 15.4. The summed E-state index contributed by atoms with van der Waals surface area (Å²) < 4.78 is 161. The summed E-state index contributed by atoms with van der Waals surface area (Å²) in [7, 11) is -14.2. The van der Waals surface area contributed by atoms with Crippen LogP contribution in [0.2, 0.25) is 0 Å². The van der Waals surface area contributed by atoms with Gasteiger partial charge in [0.05, 0.1) is 65.0 Å². The Hall–Kier alpha value is -5.80. The molecule has 12 fully saturated rings. The molecule has 0 aromatic heterocycles. The fraction of sp³-hybridized carbons (Fsp3) is 0.758. The Morgan fingerprint density at radius 2 is 1.03 bits per heavy atom. The Morgan fingerprint density at radius 3 is 1.59 bits per heavy atom. The summed E-state index contributed by atoms with van der Waals surface area (Å²) in [5, 5.41) is 8.21. The maximum absolute atomic E-state index is 12.5. The number of ether oxygens (including phenoxy) is 8. The Morgan fingerprint density at radius 1 is 0.520 bits per heavy atom. The predicted molar refractivity (Wildman–Crippen MR) is 357 cm³/mol. The molecule has 4 heterocycles. The van der Waals surface area contributed by atoms with Crippen LogP contribution in [0.4, 0.5) is 0 Å². The topological polar surface area (TPSA) is 432 Å². The molecular formula is C66H96N4O28S4. The van der Waals surface area contributed by atoms with Crippen molar-refractivity contribution in [2.75, 3.05) is 79.0 Å². The highest BCUT2D eigenvalue weighted by Gasteiger charge is 2.83. The van der Waals surface area contributed by atoms with Crippen molar-refractivity contribution in [3.8, 4) is 0 Å². The van der Waals surface area contributed by atoms with Gasteiger partial charge in [0.15, 0.2) is 0 Å². The predicted octanol–water partition coefficient (Wildman–Crippen LogP) is 1.03. The smallest absolute Gasteiger partial charge is 0.332 e. The van der Waals surface area contributed by atoms with Crippen molar-refractivity contribution in [3.63, 3.8) is 0 Å². The van der Waals surface area contributed by atoms with Gasteiger partial charge >= 0.3 is 23.9 Å². The lowest BCUT2D eigenvalue weighted by atomic mass is 9.66. The van der Waals surface area contributed by atoms with Crippen LogP contribution in [0, 0.1) is 58.2 Å². The molecule has 4 saturated heterocycles. The van der Waals surface area contributed by atoms with Crippen molar-refractivity contribution in [1.82, 2.24) is 21.3 Å². The van der Waals surface area contributed by atoms with Gasteiger partial charge in [0.2, 0.25) is 23.6 Å². The fourth-order valence-electron chi connectivity index (χ4n) is 18.0. The number of esters is 4. The van der Waals surface area contributed by atoms with Gasteiger partial charge in [-0.25, -0.2) is 14.4 Å². The SMILES string of the molecule is C=C(C)C(=O)NCCOC(=O)COC1(C)C2(C)CC3C(C2C)C1(C)OS3(=O)=O.C=C(C)C(=O)NCCOC(=O)COC1(C)C2CC3C1OS(=O)(=O)C3C2.C=C(C)C(=O)NCCOC(=O)COC1C2OS(=O)(=O)C3CC1C(C)(C)C23.C=CC(=O)NCC(=O)OCCOC1C2CC3C1OS(=O)(=O)C3C2. The molecule has 32 nitrogen and oxygen atoms in total. The number of hydrogen-bond acceptors (Lipinski definition) is 28. The van der Waals surface area contributed by atoms with Crippen LogP contribution in [0.1, 0.15) is 108 Å². The normalized spacial score (nSPS) is 37.8. The molecule has 4 amide bonds. The van der Waals surface area contributed by atoms with Crippen LogP contribution in [-0.4, -0.2) is 229 Å². The van der Waals surface area contributed by atoms with Crippen LogP contribution < -0.4 is 21.3 Å². The lowest BCUT2D eigenvalue weighted by molar-refractivity contribution is -0.201. The summed E-state index contributed by atoms with van der Waals surface area (Å²) in [5.74, 6) is -3.53. The average molecular weight is 1520 g/mol. The molecule has 21 unspecified atom stereocenters. The molecule has 8 saturated carbocycles. The molecule has 4 N–H and O–H groups in total. The summed E-state index contributed by atoms with van der Waals surface area (Å²) in [6.45, 7) is 31.8. The van der Waals surface area contributed by atoms with Gasteiger partial charge in [0.1, 0.15) is 82.3 Å². The van der Waals surface area contributed by atoms with Crippen LogP contribution in [-0.2, 0) is 133 Å². The van der Waals surface area contributed by atoms with Crippen molar-refractivity contribution in [3.05, 3.63) is 49.1 Å². The highest BCUT2D eigenvalue weighted by molar-refractivity contribution is 7.88. The number of hydrogen-bond donors (Lipinski definition) is 4. The molecule has 0 radical (unpaired) electrons. The summed E-state index contributed by atoms with van der Waals surface area (Å²) in [4.78, 5) is 92.0. The number of carbonyl (C=O) groups is 8. The highest BCUT2D eigenvalue weighted by Crippen LogP contribution is 2.74. The van der Waals surface area contributed by atoms with Crippen molar-refractivity contribution in [1.29, 1.82) is 0 Å². The Kier molecular flexibility index (Phi) is 23.8. The zero-order valence-electron chi connectivity index (χ0n) is 59.0. The van der Waals surface area contributed by atoms with Crippen LogP contribution in [0.5, 0.6) is 0 Å². The second kappa shape index (κ2) is 30.2. The van der Waals surface area contributed by atoms with E-state index in [1.165, 1.54) is 0 Å². The minimum Gasteiger partial charge on any atom is -0.462 e. The second-order valence-electron chi connectivity index (χ2n) is 29.6. The minimum absolute atomic E-state index is 0.0123. The molecule has 4 aliphatic heterocycles. The van der Waals surface area contributed by atoms with E-state index in [1.807, 2.05) is 34.6 Å². The molecule has 0 aromatic carbocycles. The maximum atomic E-state index is 12.5. The van der Waals surface area contributed by atoms with Crippen molar-refractivity contribution >= 4 is 88.0 Å². The van der Waals surface area contributed by atoms with E-state index in [2.05, 4.69) is 47.6 Å². The van der Waals surface area contributed by atoms with Gasteiger partial charge < -0.3 is 59.2 Å². The van der Waals surface area contributed by atoms with Gasteiger partial charge in [-0.3, -0.25) is 40.7 Å². The molecule has 12 rings (SSSR count). The van der Waals surface area contributed by atoms with Gasteiger partial charge in [-0.1, -0.05) is 54.0 Å². The van der Waals surface area contributed by atoms with Crippen LogP contribution in [0.15, 0.2) is 49.1 Å². The first-order chi connectivity index (χ1) is 47.4.